The Hall–Kier alpha value is -2.22. The fraction of sp³-hybridized carbons (Fsp3) is 0.440. The summed E-state index contributed by atoms with van der Waals surface area (Å²) in [6.45, 7) is 15.7. The molecule has 0 aliphatic carbocycles. The normalized spacial score (nSPS) is 12.2. The van der Waals surface area contributed by atoms with Crippen molar-refractivity contribution in [2.75, 3.05) is 0 Å². The zero-order valence-electron chi connectivity index (χ0n) is 18.1. The summed E-state index contributed by atoms with van der Waals surface area (Å²) in [5.41, 5.74) is 7.79. The Bertz CT molecular complexity index is 991. The first-order chi connectivity index (χ1) is 12.6. The van der Waals surface area contributed by atoms with Crippen LogP contribution >= 0.6 is 0 Å². The van der Waals surface area contributed by atoms with E-state index in [4.69, 9.17) is 4.98 Å². The van der Waals surface area contributed by atoms with Crippen LogP contribution in [0.25, 0.3) is 22.3 Å². The second-order valence-electron chi connectivity index (χ2n) is 9.38. The summed E-state index contributed by atoms with van der Waals surface area (Å²) in [6, 6.07) is 11.3. The van der Waals surface area contributed by atoms with Crippen molar-refractivity contribution in [1.82, 2.24) is 4.98 Å². The Labute approximate surface area is 164 Å². The maximum Gasteiger partial charge on any atom is 0.331 e. The fourth-order valence-electron chi connectivity index (χ4n) is 3.63. The minimum Gasteiger partial charge on any atom is -0.232 e. The Morgan fingerprint density at radius 2 is 1.74 bits per heavy atom. The molecule has 0 spiro atoms. The van der Waals surface area contributed by atoms with E-state index in [2.05, 4.69) is 96.6 Å². The number of hydrogen-bond donors (Lipinski definition) is 0. The van der Waals surface area contributed by atoms with Crippen LogP contribution in [0.15, 0.2) is 36.5 Å². The van der Waals surface area contributed by atoms with Gasteiger partial charge in [0.05, 0.1) is 18.0 Å². The SMILES string of the molecule is Cc1cc(C(C)(C)C)cc(-c2nc3cc(CC(C)C)ccc3c[n+]2C)c1C. The zero-order chi connectivity index (χ0) is 19.9. The van der Waals surface area contributed by atoms with Crippen molar-refractivity contribution >= 4 is 10.9 Å². The number of aromatic nitrogens is 2. The van der Waals surface area contributed by atoms with Gasteiger partial charge in [0, 0.05) is 0 Å². The van der Waals surface area contributed by atoms with E-state index in [9.17, 15) is 0 Å². The second kappa shape index (κ2) is 7.07. The number of benzene rings is 2. The van der Waals surface area contributed by atoms with Crippen LogP contribution in [0, 0.1) is 19.8 Å². The predicted molar refractivity (Wildman–Crippen MR) is 115 cm³/mol. The molecule has 1 heterocycles. The van der Waals surface area contributed by atoms with E-state index < -0.39 is 0 Å². The van der Waals surface area contributed by atoms with Crippen LogP contribution in [0.1, 0.15) is 56.9 Å². The quantitative estimate of drug-likeness (QED) is 0.536. The van der Waals surface area contributed by atoms with Gasteiger partial charge in [-0.15, -0.1) is 0 Å². The van der Waals surface area contributed by atoms with Crippen molar-refractivity contribution in [1.29, 1.82) is 0 Å². The van der Waals surface area contributed by atoms with Gasteiger partial charge in [-0.2, -0.15) is 0 Å². The van der Waals surface area contributed by atoms with Crippen LogP contribution < -0.4 is 4.57 Å². The largest absolute Gasteiger partial charge is 0.331 e. The van der Waals surface area contributed by atoms with Crippen LogP contribution in [0.4, 0.5) is 0 Å². The van der Waals surface area contributed by atoms with Gasteiger partial charge < -0.3 is 0 Å². The Balaban J connectivity index is 2.21. The molecule has 0 fully saturated rings. The minimum absolute atomic E-state index is 0.118. The van der Waals surface area contributed by atoms with E-state index in [1.54, 1.807) is 0 Å². The van der Waals surface area contributed by atoms with E-state index in [1.807, 2.05) is 0 Å². The Morgan fingerprint density at radius 1 is 1.04 bits per heavy atom. The third-order valence-electron chi connectivity index (χ3n) is 5.41. The first kappa shape index (κ1) is 19.5. The molecule has 27 heavy (non-hydrogen) atoms. The second-order valence-corrected chi connectivity index (χ2v) is 9.38. The molecule has 0 saturated carbocycles. The number of nitrogens with zero attached hydrogens (tertiary/aromatic N) is 2. The van der Waals surface area contributed by atoms with Crippen molar-refractivity contribution in [3.8, 4) is 11.4 Å². The molecule has 1 aromatic heterocycles. The number of hydrogen-bond acceptors (Lipinski definition) is 1. The van der Waals surface area contributed by atoms with E-state index in [0.717, 1.165) is 17.8 Å². The molecule has 0 bridgehead atoms. The molecule has 0 radical (unpaired) electrons. The summed E-state index contributed by atoms with van der Waals surface area (Å²) in [5, 5.41) is 1.19. The summed E-state index contributed by atoms with van der Waals surface area (Å²) in [5.74, 6) is 1.69. The lowest BCUT2D eigenvalue weighted by molar-refractivity contribution is -0.661. The van der Waals surface area contributed by atoms with Gasteiger partial charge in [0.15, 0.2) is 5.52 Å². The van der Waals surface area contributed by atoms with Crippen molar-refractivity contribution < 1.29 is 4.57 Å². The van der Waals surface area contributed by atoms with Gasteiger partial charge in [0.2, 0.25) is 0 Å². The van der Waals surface area contributed by atoms with Crippen molar-refractivity contribution in [3.05, 3.63) is 58.8 Å². The number of rotatable bonds is 3. The van der Waals surface area contributed by atoms with E-state index in [0.29, 0.717) is 5.92 Å². The molecule has 0 unspecified atom stereocenters. The molecular weight excluding hydrogens is 328 g/mol. The van der Waals surface area contributed by atoms with Gasteiger partial charge in [-0.3, -0.25) is 0 Å². The fourth-order valence-corrected chi connectivity index (χ4v) is 3.63. The van der Waals surface area contributed by atoms with Crippen LogP contribution in [0.2, 0.25) is 0 Å². The molecular formula is C25H33N2+. The van der Waals surface area contributed by atoms with Gasteiger partial charge in [-0.1, -0.05) is 46.8 Å². The monoisotopic (exact) mass is 361 g/mol. The maximum atomic E-state index is 5.10. The first-order valence-electron chi connectivity index (χ1n) is 9.97. The van der Waals surface area contributed by atoms with Gasteiger partial charge in [0.25, 0.3) is 0 Å². The third kappa shape index (κ3) is 4.05. The highest BCUT2D eigenvalue weighted by Gasteiger charge is 2.23. The van der Waals surface area contributed by atoms with Crippen LogP contribution in [-0.4, -0.2) is 4.98 Å². The summed E-state index contributed by atoms with van der Waals surface area (Å²) >= 11 is 0. The Morgan fingerprint density at radius 3 is 2.37 bits per heavy atom. The van der Waals surface area contributed by atoms with E-state index in [-0.39, 0.29) is 5.41 Å². The molecule has 2 heteroatoms. The summed E-state index contributed by atoms with van der Waals surface area (Å²) < 4.78 is 2.17. The predicted octanol–water partition coefficient (Wildman–Crippen LogP) is 5.84. The molecule has 0 atom stereocenters. The average molecular weight is 362 g/mol. The van der Waals surface area contributed by atoms with Crippen LogP contribution in [0.5, 0.6) is 0 Å². The lowest BCUT2D eigenvalue weighted by Gasteiger charge is -2.21. The molecule has 0 amide bonds. The van der Waals surface area contributed by atoms with Crippen LogP contribution in [-0.2, 0) is 18.9 Å². The van der Waals surface area contributed by atoms with Gasteiger partial charge >= 0.3 is 5.82 Å². The highest BCUT2D eigenvalue weighted by molar-refractivity contribution is 5.79. The molecule has 0 aliphatic rings. The molecule has 0 aliphatic heterocycles. The Kier molecular flexibility index (Phi) is 5.12. The average Bonchev–Trinajstić information content (AvgIpc) is 2.55. The molecule has 142 valence electrons. The van der Waals surface area contributed by atoms with Gasteiger partial charge in [-0.25, -0.2) is 4.57 Å². The molecule has 0 saturated heterocycles. The highest BCUT2D eigenvalue weighted by Crippen LogP contribution is 2.31. The molecule has 3 rings (SSSR count). The smallest absolute Gasteiger partial charge is 0.232 e. The van der Waals surface area contributed by atoms with Crippen LogP contribution in [0.3, 0.4) is 0 Å². The van der Waals surface area contributed by atoms with E-state index in [1.165, 1.54) is 33.2 Å². The lowest BCUT2D eigenvalue weighted by atomic mass is 9.83. The van der Waals surface area contributed by atoms with Crippen molar-refractivity contribution in [3.63, 3.8) is 0 Å². The summed E-state index contributed by atoms with van der Waals surface area (Å²) in [4.78, 5) is 5.10. The summed E-state index contributed by atoms with van der Waals surface area (Å²) in [6.07, 6.45) is 3.29. The summed E-state index contributed by atoms with van der Waals surface area (Å²) in [7, 11) is 2.10. The van der Waals surface area contributed by atoms with Crippen molar-refractivity contribution in [2.24, 2.45) is 13.0 Å². The van der Waals surface area contributed by atoms with Gasteiger partial charge in [-0.05, 0) is 77.0 Å². The topological polar surface area (TPSA) is 16.8 Å². The molecule has 2 aromatic carbocycles. The highest BCUT2D eigenvalue weighted by atomic mass is 15.0. The minimum atomic E-state index is 0.118. The van der Waals surface area contributed by atoms with Gasteiger partial charge in [0.1, 0.15) is 6.20 Å². The first-order valence-corrected chi connectivity index (χ1v) is 9.97. The van der Waals surface area contributed by atoms with E-state index >= 15 is 0 Å². The molecule has 2 nitrogen and oxygen atoms in total. The standard InChI is InChI=1S/C25H33N2/c1-16(2)11-19-9-10-20-15-27(8)24(26-23(20)13-19)22-14-21(25(5,6)7)12-17(3)18(22)4/h9-10,12-16H,11H2,1-8H3/q+1. The maximum absolute atomic E-state index is 5.10. The molecule has 3 aromatic rings. The number of aryl methyl sites for hydroxylation is 2. The third-order valence-corrected chi connectivity index (χ3v) is 5.41. The number of fused-ring (bicyclic) bond motifs is 1. The molecule has 0 N–H and O–H groups in total. The zero-order valence-corrected chi connectivity index (χ0v) is 18.1. The van der Waals surface area contributed by atoms with Crippen molar-refractivity contribution in [2.45, 2.75) is 60.3 Å². The lowest BCUT2D eigenvalue weighted by Crippen LogP contribution is -2.32.